The lowest BCUT2D eigenvalue weighted by atomic mass is 9.95. The zero-order valence-electron chi connectivity index (χ0n) is 15.8. The lowest BCUT2D eigenvalue weighted by Crippen LogP contribution is -2.26. The van der Waals surface area contributed by atoms with Gasteiger partial charge in [0.15, 0.2) is 11.5 Å². The van der Waals surface area contributed by atoms with Gasteiger partial charge < -0.3 is 9.88 Å². The van der Waals surface area contributed by atoms with Crippen molar-refractivity contribution < 1.29 is 18.0 Å². The van der Waals surface area contributed by atoms with E-state index in [9.17, 15) is 18.0 Å². The van der Waals surface area contributed by atoms with Crippen LogP contribution in [0.2, 0.25) is 0 Å². The molecule has 1 aliphatic rings. The number of aromatic nitrogens is 6. The van der Waals surface area contributed by atoms with Gasteiger partial charge in [-0.05, 0) is 25.8 Å². The van der Waals surface area contributed by atoms with Gasteiger partial charge in [0.25, 0.3) is 5.91 Å². The standard InChI is InChI=1S/C18H20F3N7O/c1-11-7-14(18(19,20)21)28-16(25-11)13(8-24-28)17(29)22-9-15-26-23-10-27(15)12-5-3-2-4-6-12/h7-8,10,12H,2-6,9H2,1H3,(H,22,29). The first kappa shape index (κ1) is 19.3. The first-order chi connectivity index (χ1) is 13.8. The third kappa shape index (κ3) is 3.81. The zero-order valence-corrected chi connectivity index (χ0v) is 15.8. The van der Waals surface area contributed by atoms with E-state index >= 15 is 0 Å². The fourth-order valence-corrected chi connectivity index (χ4v) is 3.76. The number of hydrogen-bond acceptors (Lipinski definition) is 5. The van der Waals surface area contributed by atoms with Crippen LogP contribution in [0.3, 0.4) is 0 Å². The molecule has 1 amide bonds. The fraction of sp³-hybridized carbons (Fsp3) is 0.500. The highest BCUT2D eigenvalue weighted by atomic mass is 19.4. The van der Waals surface area contributed by atoms with E-state index in [1.54, 1.807) is 6.33 Å². The molecule has 29 heavy (non-hydrogen) atoms. The summed E-state index contributed by atoms with van der Waals surface area (Å²) >= 11 is 0. The van der Waals surface area contributed by atoms with E-state index in [2.05, 4.69) is 25.6 Å². The minimum Gasteiger partial charge on any atom is -0.345 e. The van der Waals surface area contributed by atoms with E-state index in [1.807, 2.05) is 4.57 Å². The number of nitrogens with one attached hydrogen (secondary N) is 1. The van der Waals surface area contributed by atoms with Gasteiger partial charge in [0.05, 0.1) is 12.7 Å². The van der Waals surface area contributed by atoms with Gasteiger partial charge in [-0.2, -0.15) is 18.3 Å². The van der Waals surface area contributed by atoms with Crippen molar-refractivity contribution in [3.63, 3.8) is 0 Å². The molecule has 0 aliphatic heterocycles. The van der Waals surface area contributed by atoms with Crippen molar-refractivity contribution in [3.05, 3.63) is 41.4 Å². The molecule has 1 N–H and O–H groups in total. The van der Waals surface area contributed by atoms with E-state index < -0.39 is 17.8 Å². The molecule has 8 nitrogen and oxygen atoms in total. The van der Waals surface area contributed by atoms with E-state index in [4.69, 9.17) is 0 Å². The second-order valence-electron chi connectivity index (χ2n) is 7.20. The summed E-state index contributed by atoms with van der Waals surface area (Å²) in [5.41, 5.74) is -0.987. The van der Waals surface area contributed by atoms with E-state index in [-0.39, 0.29) is 23.4 Å². The van der Waals surface area contributed by atoms with Crippen molar-refractivity contribution in [3.8, 4) is 0 Å². The molecule has 3 aromatic heterocycles. The highest BCUT2D eigenvalue weighted by Gasteiger charge is 2.35. The molecule has 1 fully saturated rings. The maximum atomic E-state index is 13.3. The number of fused-ring (bicyclic) bond motifs is 1. The van der Waals surface area contributed by atoms with Gasteiger partial charge in [0, 0.05) is 11.7 Å². The largest absolute Gasteiger partial charge is 0.433 e. The van der Waals surface area contributed by atoms with Crippen LogP contribution in [0.1, 0.15) is 65.7 Å². The Morgan fingerprint density at radius 3 is 2.76 bits per heavy atom. The summed E-state index contributed by atoms with van der Waals surface area (Å²) in [6, 6.07) is 1.20. The van der Waals surface area contributed by atoms with Crippen LogP contribution >= 0.6 is 0 Å². The molecule has 0 spiro atoms. The fourth-order valence-electron chi connectivity index (χ4n) is 3.76. The molecular formula is C18H20F3N7O. The number of carbonyl (C=O) groups excluding carboxylic acids is 1. The molecule has 0 radical (unpaired) electrons. The Morgan fingerprint density at radius 1 is 1.28 bits per heavy atom. The second kappa shape index (κ2) is 7.45. The van der Waals surface area contributed by atoms with Gasteiger partial charge in [-0.25, -0.2) is 9.50 Å². The third-order valence-corrected chi connectivity index (χ3v) is 5.16. The summed E-state index contributed by atoms with van der Waals surface area (Å²) < 4.78 is 42.4. The van der Waals surface area contributed by atoms with Crippen molar-refractivity contribution in [1.82, 2.24) is 34.7 Å². The lowest BCUT2D eigenvalue weighted by molar-refractivity contribution is -0.142. The number of rotatable bonds is 4. The number of aryl methyl sites for hydroxylation is 1. The van der Waals surface area contributed by atoms with E-state index in [0.717, 1.165) is 37.9 Å². The van der Waals surface area contributed by atoms with Crippen molar-refractivity contribution >= 4 is 11.6 Å². The van der Waals surface area contributed by atoms with Gasteiger partial charge in [-0.15, -0.1) is 10.2 Å². The van der Waals surface area contributed by atoms with Gasteiger partial charge in [0.1, 0.15) is 17.6 Å². The maximum absolute atomic E-state index is 13.3. The molecule has 4 rings (SSSR count). The van der Waals surface area contributed by atoms with Crippen LogP contribution in [-0.2, 0) is 12.7 Å². The minimum atomic E-state index is -4.61. The Labute approximate surface area is 164 Å². The van der Waals surface area contributed by atoms with Crippen LogP contribution in [0.25, 0.3) is 5.65 Å². The Morgan fingerprint density at radius 2 is 2.03 bits per heavy atom. The molecule has 154 valence electrons. The number of amides is 1. The SMILES string of the molecule is Cc1cc(C(F)(F)F)n2ncc(C(=O)NCc3nncn3C3CCCCC3)c2n1. The molecule has 3 heterocycles. The molecule has 0 unspecified atom stereocenters. The first-order valence-corrected chi connectivity index (χ1v) is 9.44. The number of carbonyl (C=O) groups is 1. The van der Waals surface area contributed by atoms with Crippen molar-refractivity contribution in [2.45, 2.75) is 57.8 Å². The summed E-state index contributed by atoms with van der Waals surface area (Å²) in [7, 11) is 0. The Bertz CT molecular complexity index is 1030. The van der Waals surface area contributed by atoms with Gasteiger partial charge in [0.2, 0.25) is 0 Å². The van der Waals surface area contributed by atoms with Crippen LogP contribution in [0, 0.1) is 6.92 Å². The molecular weight excluding hydrogens is 387 g/mol. The average Bonchev–Trinajstić information content (AvgIpc) is 3.32. The normalized spacial score (nSPS) is 15.7. The minimum absolute atomic E-state index is 0.0251. The van der Waals surface area contributed by atoms with Gasteiger partial charge in [-0.3, -0.25) is 4.79 Å². The van der Waals surface area contributed by atoms with E-state index in [1.165, 1.54) is 13.3 Å². The third-order valence-electron chi connectivity index (χ3n) is 5.16. The maximum Gasteiger partial charge on any atom is 0.433 e. The summed E-state index contributed by atoms with van der Waals surface area (Å²) in [6.07, 6.45) is 3.72. The van der Waals surface area contributed by atoms with Crippen LogP contribution in [-0.4, -0.2) is 35.3 Å². The molecule has 0 aromatic carbocycles. The highest BCUT2D eigenvalue weighted by molar-refractivity contribution is 5.99. The van der Waals surface area contributed by atoms with Crippen molar-refractivity contribution in [1.29, 1.82) is 0 Å². The highest BCUT2D eigenvalue weighted by Crippen LogP contribution is 2.30. The smallest absolute Gasteiger partial charge is 0.345 e. The lowest BCUT2D eigenvalue weighted by Gasteiger charge is -2.23. The van der Waals surface area contributed by atoms with Crippen LogP contribution in [0.15, 0.2) is 18.6 Å². The van der Waals surface area contributed by atoms with Crippen molar-refractivity contribution in [2.75, 3.05) is 0 Å². The summed E-state index contributed by atoms with van der Waals surface area (Å²) in [5.74, 6) is 0.0475. The molecule has 1 saturated carbocycles. The summed E-state index contributed by atoms with van der Waals surface area (Å²) in [4.78, 5) is 16.7. The van der Waals surface area contributed by atoms with E-state index in [0.29, 0.717) is 16.4 Å². The molecule has 0 bridgehead atoms. The molecule has 11 heteroatoms. The number of halogens is 3. The van der Waals surface area contributed by atoms with Crippen LogP contribution in [0.4, 0.5) is 13.2 Å². The Balaban J connectivity index is 1.55. The quantitative estimate of drug-likeness (QED) is 0.718. The van der Waals surface area contributed by atoms with Crippen molar-refractivity contribution in [2.24, 2.45) is 0 Å². The average molecular weight is 407 g/mol. The number of hydrogen-bond donors (Lipinski definition) is 1. The topological polar surface area (TPSA) is 90.0 Å². The number of alkyl halides is 3. The monoisotopic (exact) mass is 407 g/mol. The van der Waals surface area contributed by atoms with Crippen LogP contribution in [0.5, 0.6) is 0 Å². The second-order valence-corrected chi connectivity index (χ2v) is 7.20. The summed E-state index contributed by atoms with van der Waals surface area (Å²) in [5, 5.41) is 14.4. The molecule has 0 saturated heterocycles. The zero-order chi connectivity index (χ0) is 20.6. The molecule has 1 aliphatic carbocycles. The Hall–Kier alpha value is -2.98. The number of nitrogens with zero attached hydrogens (tertiary/aromatic N) is 6. The van der Waals surface area contributed by atoms with Gasteiger partial charge in [-0.1, -0.05) is 19.3 Å². The van der Waals surface area contributed by atoms with Gasteiger partial charge >= 0.3 is 6.18 Å². The molecule has 0 atom stereocenters. The first-order valence-electron chi connectivity index (χ1n) is 9.44. The Kier molecular flexibility index (Phi) is 4.97. The van der Waals surface area contributed by atoms with Crippen LogP contribution < -0.4 is 5.32 Å². The molecule has 3 aromatic rings. The summed E-state index contributed by atoms with van der Waals surface area (Å²) in [6.45, 7) is 1.56. The predicted octanol–water partition coefficient (Wildman–Crippen LogP) is 3.08. The predicted molar refractivity (Wildman–Crippen MR) is 96.0 cm³/mol.